The van der Waals surface area contributed by atoms with Crippen molar-refractivity contribution in [2.75, 3.05) is 35.0 Å². The van der Waals surface area contributed by atoms with Crippen LogP contribution >= 0.6 is 11.8 Å². The number of benzene rings is 3. The third-order valence-electron chi connectivity index (χ3n) is 6.49. The molecule has 7 heteroatoms. The Bertz CT molecular complexity index is 1430. The highest BCUT2D eigenvalue weighted by Gasteiger charge is 2.30. The summed E-state index contributed by atoms with van der Waals surface area (Å²) in [7, 11) is 6.67. The first-order valence-corrected chi connectivity index (χ1v) is 12.9. The highest BCUT2D eigenvalue weighted by molar-refractivity contribution is 8.00. The van der Waals surface area contributed by atoms with Crippen LogP contribution in [0, 0.1) is 0 Å². The molecule has 0 bridgehead atoms. The summed E-state index contributed by atoms with van der Waals surface area (Å²) in [5, 5.41) is 0.0738. The fourth-order valence-electron chi connectivity index (χ4n) is 4.63. The highest BCUT2D eigenvalue weighted by Crippen LogP contribution is 2.50. The summed E-state index contributed by atoms with van der Waals surface area (Å²) in [5.41, 5.74) is 5.66. The molecular formula is C30H30N2O4S. The van der Waals surface area contributed by atoms with E-state index in [4.69, 9.17) is 23.9 Å². The molecule has 6 nitrogen and oxygen atoms in total. The quantitative estimate of drug-likeness (QED) is 0.243. The Morgan fingerprint density at radius 2 is 1.62 bits per heavy atom. The van der Waals surface area contributed by atoms with Crippen LogP contribution in [0.1, 0.15) is 27.8 Å². The molecule has 1 unspecified atom stereocenters. The number of thioether (sulfide) groups is 1. The molecule has 0 spiro atoms. The summed E-state index contributed by atoms with van der Waals surface area (Å²) in [6.45, 7) is 0.669. The first-order valence-electron chi connectivity index (χ1n) is 12.1. The fourth-order valence-corrected chi connectivity index (χ4v) is 5.94. The van der Waals surface area contributed by atoms with Crippen LogP contribution in [0.2, 0.25) is 0 Å². The molecular weight excluding hydrogens is 484 g/mol. The molecule has 0 N–H and O–H groups in total. The molecule has 0 radical (unpaired) electrons. The Balaban J connectivity index is 1.43. The van der Waals surface area contributed by atoms with Gasteiger partial charge in [0.15, 0.2) is 11.5 Å². The van der Waals surface area contributed by atoms with Crippen LogP contribution in [0.15, 0.2) is 82.7 Å². The summed E-state index contributed by atoms with van der Waals surface area (Å²) in [6.07, 6.45) is 2.78. The van der Waals surface area contributed by atoms with Gasteiger partial charge in [0.1, 0.15) is 11.5 Å². The van der Waals surface area contributed by atoms with E-state index in [1.54, 1.807) is 28.4 Å². The molecule has 5 rings (SSSR count). The molecule has 37 heavy (non-hydrogen) atoms. The molecule has 3 aromatic carbocycles. The average molecular weight is 515 g/mol. The lowest BCUT2D eigenvalue weighted by atomic mass is 10.1. The van der Waals surface area contributed by atoms with Crippen LogP contribution in [-0.4, -0.2) is 45.8 Å². The summed E-state index contributed by atoms with van der Waals surface area (Å²) in [6, 6.07) is 24.8. The maximum Gasteiger partial charge on any atom is 0.160 e. The van der Waals surface area contributed by atoms with Crippen molar-refractivity contribution in [1.82, 2.24) is 4.57 Å². The van der Waals surface area contributed by atoms with Crippen molar-refractivity contribution in [3.8, 4) is 28.7 Å². The van der Waals surface area contributed by atoms with E-state index < -0.39 is 0 Å². The zero-order valence-corrected chi connectivity index (χ0v) is 22.2. The second-order valence-corrected chi connectivity index (χ2v) is 9.71. The first-order chi connectivity index (χ1) is 18.2. The number of fused-ring (bicyclic) bond motifs is 3. The van der Waals surface area contributed by atoms with E-state index in [0.717, 1.165) is 51.9 Å². The normalized spacial score (nSPS) is 14.2. The van der Waals surface area contributed by atoms with E-state index in [0.29, 0.717) is 6.54 Å². The van der Waals surface area contributed by atoms with Crippen LogP contribution < -0.4 is 18.9 Å². The van der Waals surface area contributed by atoms with Crippen molar-refractivity contribution in [1.29, 1.82) is 0 Å². The Morgan fingerprint density at radius 1 is 0.811 bits per heavy atom. The van der Waals surface area contributed by atoms with Crippen molar-refractivity contribution in [2.24, 2.45) is 4.99 Å². The van der Waals surface area contributed by atoms with Gasteiger partial charge in [-0.3, -0.25) is 4.99 Å². The van der Waals surface area contributed by atoms with Gasteiger partial charge in [-0.1, -0.05) is 24.3 Å². The molecule has 0 saturated heterocycles. The number of aliphatic imine (C=N–C) groups is 1. The molecule has 1 aliphatic heterocycles. The van der Waals surface area contributed by atoms with Gasteiger partial charge < -0.3 is 23.5 Å². The first kappa shape index (κ1) is 24.8. The van der Waals surface area contributed by atoms with E-state index in [9.17, 15) is 0 Å². The van der Waals surface area contributed by atoms with Gasteiger partial charge in [-0.25, -0.2) is 0 Å². The van der Waals surface area contributed by atoms with Crippen LogP contribution in [0.4, 0.5) is 0 Å². The standard InChI is InChI=1S/C30H30N2O4S/c1-33-22-11-12-23(27(18-22)35-3)30-25-13-10-21(32(25)24-7-5-6-8-29(24)37-30)19-31-16-15-20-9-14-26(34-2)28(17-20)36-4/h5-14,17-19,30H,15-16H2,1-4H3. The van der Waals surface area contributed by atoms with Crippen LogP contribution in [0.5, 0.6) is 23.0 Å². The summed E-state index contributed by atoms with van der Waals surface area (Å²) >= 11 is 1.83. The molecule has 1 aromatic heterocycles. The number of para-hydroxylation sites is 1. The van der Waals surface area contributed by atoms with Crippen molar-refractivity contribution in [3.63, 3.8) is 0 Å². The summed E-state index contributed by atoms with van der Waals surface area (Å²) in [5.74, 6) is 3.06. The maximum atomic E-state index is 5.76. The Hall–Kier alpha value is -3.84. The molecule has 0 saturated carbocycles. The topological polar surface area (TPSA) is 54.2 Å². The van der Waals surface area contributed by atoms with Gasteiger partial charge in [0, 0.05) is 35.0 Å². The maximum absolute atomic E-state index is 5.76. The Kier molecular flexibility index (Phi) is 7.42. The van der Waals surface area contributed by atoms with Crippen molar-refractivity contribution in [3.05, 3.63) is 95.3 Å². The minimum atomic E-state index is 0.0738. The lowest BCUT2D eigenvalue weighted by molar-refractivity contribution is 0.354. The van der Waals surface area contributed by atoms with Crippen LogP contribution in [0.25, 0.3) is 5.69 Å². The molecule has 2 heterocycles. The largest absolute Gasteiger partial charge is 0.497 e. The van der Waals surface area contributed by atoms with E-state index in [1.165, 1.54) is 10.6 Å². The third kappa shape index (κ3) is 4.91. The second-order valence-electron chi connectivity index (χ2n) is 8.57. The van der Waals surface area contributed by atoms with Crippen LogP contribution in [0.3, 0.4) is 0 Å². The molecule has 1 atom stereocenters. The van der Waals surface area contributed by atoms with Crippen molar-refractivity contribution >= 4 is 18.0 Å². The smallest absolute Gasteiger partial charge is 0.160 e. The van der Waals surface area contributed by atoms with Crippen molar-refractivity contribution in [2.45, 2.75) is 16.6 Å². The highest BCUT2D eigenvalue weighted by atomic mass is 32.2. The molecule has 190 valence electrons. The second kappa shape index (κ2) is 11.0. The molecule has 0 aliphatic carbocycles. The van der Waals surface area contributed by atoms with E-state index in [-0.39, 0.29) is 5.25 Å². The number of hydrogen-bond acceptors (Lipinski definition) is 6. The van der Waals surface area contributed by atoms with Gasteiger partial charge in [-0.05, 0) is 54.4 Å². The van der Waals surface area contributed by atoms with Crippen molar-refractivity contribution < 1.29 is 18.9 Å². The van der Waals surface area contributed by atoms with Gasteiger partial charge in [0.2, 0.25) is 0 Å². The SMILES string of the molecule is COc1ccc(C2Sc3ccccc3-n3c(C=NCCc4ccc(OC)c(OC)c4)ccc32)c(OC)c1. The lowest BCUT2D eigenvalue weighted by Crippen LogP contribution is -2.14. The van der Waals surface area contributed by atoms with Crippen LogP contribution in [-0.2, 0) is 6.42 Å². The molecule has 4 aromatic rings. The molecule has 0 fully saturated rings. The van der Waals surface area contributed by atoms with E-state index >= 15 is 0 Å². The summed E-state index contributed by atoms with van der Waals surface area (Å²) in [4.78, 5) is 5.99. The van der Waals surface area contributed by atoms with Gasteiger partial charge >= 0.3 is 0 Å². The molecule has 1 aliphatic rings. The zero-order valence-electron chi connectivity index (χ0n) is 21.4. The fraction of sp³-hybridized carbons (Fsp3) is 0.233. The number of nitrogens with zero attached hydrogens (tertiary/aromatic N) is 2. The average Bonchev–Trinajstić information content (AvgIpc) is 3.38. The van der Waals surface area contributed by atoms with Gasteiger partial charge in [0.05, 0.1) is 45.1 Å². The summed E-state index contributed by atoms with van der Waals surface area (Å²) < 4.78 is 24.3. The zero-order chi connectivity index (χ0) is 25.8. The Morgan fingerprint density at radius 3 is 2.41 bits per heavy atom. The number of hydrogen-bond donors (Lipinski definition) is 0. The predicted molar refractivity (Wildman–Crippen MR) is 149 cm³/mol. The number of methoxy groups -OCH3 is 4. The van der Waals surface area contributed by atoms with Gasteiger partial charge in [-0.2, -0.15) is 0 Å². The van der Waals surface area contributed by atoms with Gasteiger partial charge in [0.25, 0.3) is 0 Å². The number of ether oxygens (including phenoxy) is 4. The molecule has 0 amide bonds. The monoisotopic (exact) mass is 514 g/mol. The number of aromatic nitrogens is 1. The Labute approximate surface area is 221 Å². The van der Waals surface area contributed by atoms with E-state index in [2.05, 4.69) is 53.1 Å². The van der Waals surface area contributed by atoms with Gasteiger partial charge in [-0.15, -0.1) is 11.8 Å². The lowest BCUT2D eigenvalue weighted by Gasteiger charge is -2.29. The number of rotatable bonds is 9. The minimum Gasteiger partial charge on any atom is -0.497 e. The minimum absolute atomic E-state index is 0.0738. The van der Waals surface area contributed by atoms with E-state index in [1.807, 2.05) is 42.2 Å². The third-order valence-corrected chi connectivity index (χ3v) is 7.82. The predicted octanol–water partition coefficient (Wildman–Crippen LogP) is 6.37.